The number of nitrogens with zero attached hydrogens (tertiary/aromatic N) is 2. The molecule has 0 atom stereocenters. The van der Waals surface area contributed by atoms with E-state index in [2.05, 4.69) is 16.0 Å². The molecule has 1 aliphatic carbocycles. The van der Waals surface area contributed by atoms with Crippen molar-refractivity contribution in [1.82, 2.24) is 15.0 Å². The number of hydrogen-bond donors (Lipinski definition) is 3. The molecule has 1 saturated carbocycles. The molecule has 6 nitrogen and oxygen atoms in total. The van der Waals surface area contributed by atoms with Gasteiger partial charge >= 0.3 is 0 Å². The molecule has 1 aliphatic rings. The van der Waals surface area contributed by atoms with Crippen LogP contribution in [0.15, 0.2) is 48.5 Å². The van der Waals surface area contributed by atoms with Crippen LogP contribution in [-0.4, -0.2) is 20.7 Å². The number of carbonyl (C=O) groups excluding carboxylic acids is 1. The number of aromatic nitrogens is 2. The van der Waals surface area contributed by atoms with E-state index >= 15 is 0 Å². The van der Waals surface area contributed by atoms with Crippen molar-refractivity contribution in [3.63, 3.8) is 0 Å². The van der Waals surface area contributed by atoms with E-state index in [0.29, 0.717) is 11.6 Å². The quantitative estimate of drug-likeness (QED) is 0.497. The number of carbonyl (C=O) groups is 1. The van der Waals surface area contributed by atoms with Crippen LogP contribution in [0.5, 0.6) is 0 Å². The molecular weight excluding hydrogens is 316 g/mol. The average Bonchev–Trinajstić information content (AvgIpc) is 3.28. The standard InChI is InChI=1S/C19H20N4O2/c24-18(22-25)13-9-11-14(12-10-13)20-19-21-16-7-3-4-8-17(16)23(19)15-5-1-2-6-15/h3-4,7-12,15,25H,1-2,5-6H2,(H,20,21)(H,22,24). The van der Waals surface area contributed by atoms with Crippen molar-refractivity contribution in [1.29, 1.82) is 0 Å². The number of imidazole rings is 1. The monoisotopic (exact) mass is 336 g/mol. The second kappa shape index (κ2) is 6.57. The summed E-state index contributed by atoms with van der Waals surface area (Å²) < 4.78 is 2.30. The zero-order chi connectivity index (χ0) is 17.2. The summed E-state index contributed by atoms with van der Waals surface area (Å²) in [5.41, 5.74) is 5.02. The van der Waals surface area contributed by atoms with Crippen LogP contribution >= 0.6 is 0 Å². The minimum absolute atomic E-state index is 0.400. The summed E-state index contributed by atoms with van der Waals surface area (Å²) in [6, 6.07) is 15.6. The number of benzene rings is 2. The molecule has 0 radical (unpaired) electrons. The maximum atomic E-state index is 11.4. The Morgan fingerprint density at radius 1 is 1.08 bits per heavy atom. The van der Waals surface area contributed by atoms with Gasteiger partial charge in [0, 0.05) is 17.3 Å². The Balaban J connectivity index is 1.69. The number of nitrogens with one attached hydrogen (secondary N) is 2. The van der Waals surface area contributed by atoms with Crippen LogP contribution in [0.25, 0.3) is 11.0 Å². The van der Waals surface area contributed by atoms with Crippen LogP contribution < -0.4 is 10.8 Å². The van der Waals surface area contributed by atoms with E-state index in [1.165, 1.54) is 25.7 Å². The summed E-state index contributed by atoms with van der Waals surface area (Å²) in [6.07, 6.45) is 4.85. The number of hydroxylamine groups is 1. The highest BCUT2D eigenvalue weighted by molar-refractivity contribution is 5.93. The van der Waals surface area contributed by atoms with E-state index in [4.69, 9.17) is 10.2 Å². The molecule has 128 valence electrons. The topological polar surface area (TPSA) is 79.2 Å². The van der Waals surface area contributed by atoms with Gasteiger partial charge in [0.2, 0.25) is 5.95 Å². The van der Waals surface area contributed by atoms with Gasteiger partial charge in [-0.15, -0.1) is 0 Å². The smallest absolute Gasteiger partial charge is 0.274 e. The number of para-hydroxylation sites is 2. The molecular formula is C19H20N4O2. The summed E-state index contributed by atoms with van der Waals surface area (Å²) in [4.78, 5) is 16.2. The van der Waals surface area contributed by atoms with Crippen LogP contribution in [0.2, 0.25) is 0 Å². The molecule has 0 unspecified atom stereocenters. The Morgan fingerprint density at radius 2 is 1.80 bits per heavy atom. The lowest BCUT2D eigenvalue weighted by atomic mass is 10.2. The van der Waals surface area contributed by atoms with E-state index in [0.717, 1.165) is 22.7 Å². The second-order valence-electron chi connectivity index (χ2n) is 6.38. The van der Waals surface area contributed by atoms with Gasteiger partial charge in [-0.1, -0.05) is 25.0 Å². The highest BCUT2D eigenvalue weighted by Gasteiger charge is 2.22. The minimum atomic E-state index is -0.523. The van der Waals surface area contributed by atoms with E-state index in [1.807, 2.05) is 30.3 Å². The Bertz CT molecular complexity index is 895. The fourth-order valence-electron chi connectivity index (χ4n) is 3.56. The minimum Gasteiger partial charge on any atom is -0.326 e. The number of rotatable bonds is 4. The molecule has 0 bridgehead atoms. The molecule has 3 N–H and O–H groups in total. The first-order chi connectivity index (χ1) is 12.3. The maximum Gasteiger partial charge on any atom is 0.274 e. The van der Waals surface area contributed by atoms with Gasteiger partial charge in [0.1, 0.15) is 0 Å². The van der Waals surface area contributed by atoms with Crippen molar-refractivity contribution in [3.8, 4) is 0 Å². The van der Waals surface area contributed by atoms with Gasteiger partial charge in [-0.3, -0.25) is 10.0 Å². The molecule has 0 spiro atoms. The predicted octanol–water partition coefficient (Wildman–Crippen LogP) is 4.01. The van der Waals surface area contributed by atoms with Gasteiger partial charge in [-0.2, -0.15) is 0 Å². The Kier molecular flexibility index (Phi) is 4.11. The first-order valence-electron chi connectivity index (χ1n) is 8.55. The van der Waals surface area contributed by atoms with Crippen LogP contribution in [-0.2, 0) is 0 Å². The lowest BCUT2D eigenvalue weighted by Gasteiger charge is -2.17. The van der Waals surface area contributed by atoms with Crippen LogP contribution in [0, 0.1) is 0 Å². The third-order valence-electron chi connectivity index (χ3n) is 4.79. The zero-order valence-corrected chi connectivity index (χ0v) is 13.8. The van der Waals surface area contributed by atoms with Crippen molar-refractivity contribution in [3.05, 3.63) is 54.1 Å². The first-order valence-corrected chi connectivity index (χ1v) is 8.55. The third kappa shape index (κ3) is 2.96. The largest absolute Gasteiger partial charge is 0.326 e. The fourth-order valence-corrected chi connectivity index (χ4v) is 3.56. The SMILES string of the molecule is O=C(NO)c1ccc(Nc2nc3ccccc3n2C2CCCC2)cc1. The zero-order valence-electron chi connectivity index (χ0n) is 13.8. The van der Waals surface area contributed by atoms with Crippen LogP contribution in [0.3, 0.4) is 0 Å². The summed E-state index contributed by atoms with van der Waals surface area (Å²) in [5, 5.41) is 12.1. The second-order valence-corrected chi connectivity index (χ2v) is 6.38. The normalized spacial score (nSPS) is 14.8. The first kappa shape index (κ1) is 15.7. The van der Waals surface area contributed by atoms with Gasteiger partial charge in [0.15, 0.2) is 0 Å². The predicted molar refractivity (Wildman–Crippen MR) is 96.2 cm³/mol. The molecule has 1 heterocycles. The molecule has 4 rings (SSSR count). The van der Waals surface area contributed by atoms with Gasteiger partial charge in [-0.05, 0) is 49.2 Å². The fraction of sp³-hybridized carbons (Fsp3) is 0.263. The van der Waals surface area contributed by atoms with Crippen molar-refractivity contribution >= 4 is 28.6 Å². The Labute approximate surface area is 145 Å². The number of anilines is 2. The summed E-state index contributed by atoms with van der Waals surface area (Å²) in [7, 11) is 0. The summed E-state index contributed by atoms with van der Waals surface area (Å²) in [6.45, 7) is 0. The highest BCUT2D eigenvalue weighted by Crippen LogP contribution is 2.36. The van der Waals surface area contributed by atoms with Crippen LogP contribution in [0.1, 0.15) is 42.1 Å². The summed E-state index contributed by atoms with van der Waals surface area (Å²) in [5.74, 6) is 0.303. The molecule has 25 heavy (non-hydrogen) atoms. The van der Waals surface area contributed by atoms with Crippen molar-refractivity contribution < 1.29 is 10.0 Å². The van der Waals surface area contributed by atoms with Gasteiger partial charge in [0.25, 0.3) is 5.91 Å². The molecule has 0 aliphatic heterocycles. The molecule has 1 amide bonds. The summed E-state index contributed by atoms with van der Waals surface area (Å²) >= 11 is 0. The number of amides is 1. The Hall–Kier alpha value is -2.86. The van der Waals surface area contributed by atoms with E-state index < -0.39 is 5.91 Å². The van der Waals surface area contributed by atoms with Crippen LogP contribution in [0.4, 0.5) is 11.6 Å². The van der Waals surface area contributed by atoms with E-state index in [-0.39, 0.29) is 0 Å². The lowest BCUT2D eigenvalue weighted by Crippen LogP contribution is -2.18. The van der Waals surface area contributed by atoms with E-state index in [1.54, 1.807) is 17.6 Å². The van der Waals surface area contributed by atoms with Crippen molar-refractivity contribution in [2.75, 3.05) is 5.32 Å². The third-order valence-corrected chi connectivity index (χ3v) is 4.79. The molecule has 1 aromatic heterocycles. The van der Waals surface area contributed by atoms with Crippen molar-refractivity contribution in [2.24, 2.45) is 0 Å². The number of fused-ring (bicyclic) bond motifs is 1. The molecule has 2 aromatic carbocycles. The van der Waals surface area contributed by atoms with Crippen molar-refractivity contribution in [2.45, 2.75) is 31.7 Å². The lowest BCUT2D eigenvalue weighted by molar-refractivity contribution is 0.0706. The average molecular weight is 336 g/mol. The molecule has 1 fully saturated rings. The van der Waals surface area contributed by atoms with Gasteiger partial charge < -0.3 is 9.88 Å². The molecule has 0 saturated heterocycles. The highest BCUT2D eigenvalue weighted by atomic mass is 16.5. The van der Waals surface area contributed by atoms with E-state index in [9.17, 15) is 4.79 Å². The molecule has 6 heteroatoms. The Morgan fingerprint density at radius 3 is 2.52 bits per heavy atom. The van der Waals surface area contributed by atoms with Gasteiger partial charge in [0.05, 0.1) is 11.0 Å². The molecule has 3 aromatic rings. The maximum absolute atomic E-state index is 11.4. The van der Waals surface area contributed by atoms with Gasteiger partial charge in [-0.25, -0.2) is 10.5 Å². The number of hydrogen-bond acceptors (Lipinski definition) is 4.